The van der Waals surface area contributed by atoms with E-state index in [0.29, 0.717) is 0 Å². The number of nitrogens with one attached hydrogen (secondary N) is 1. The van der Waals surface area contributed by atoms with Crippen molar-refractivity contribution in [2.45, 2.75) is 19.0 Å². The molecule has 0 aromatic heterocycles. The fourth-order valence-electron chi connectivity index (χ4n) is 2.91. The first-order chi connectivity index (χ1) is 12.0. The molecule has 1 aliphatic heterocycles. The molecule has 1 heterocycles. The number of hydrogen-bond donors (Lipinski definition) is 2. The zero-order valence-electron chi connectivity index (χ0n) is 14.3. The van der Waals surface area contributed by atoms with Crippen LogP contribution in [0.25, 0.3) is 5.57 Å². The molecule has 5 nitrogen and oxygen atoms in total. The van der Waals surface area contributed by atoms with Crippen molar-refractivity contribution in [2.24, 2.45) is 5.73 Å². The molecule has 2 aromatic rings. The highest BCUT2D eigenvalue weighted by atomic mass is 16.2. The molecular formula is C20H21N3O2. The van der Waals surface area contributed by atoms with Crippen LogP contribution >= 0.6 is 0 Å². The van der Waals surface area contributed by atoms with Gasteiger partial charge in [-0.3, -0.25) is 9.59 Å². The highest BCUT2D eigenvalue weighted by molar-refractivity contribution is 6.06. The summed E-state index contributed by atoms with van der Waals surface area (Å²) in [5, 5.41) is 2.74. The van der Waals surface area contributed by atoms with Gasteiger partial charge in [-0.2, -0.15) is 0 Å². The number of carbonyl (C=O) groups excluding carboxylic acids is 2. The summed E-state index contributed by atoms with van der Waals surface area (Å²) >= 11 is 0. The van der Waals surface area contributed by atoms with Crippen molar-refractivity contribution < 1.29 is 9.59 Å². The van der Waals surface area contributed by atoms with E-state index in [0.717, 1.165) is 22.4 Å². The molecule has 0 saturated heterocycles. The van der Waals surface area contributed by atoms with Gasteiger partial charge in [0.15, 0.2) is 0 Å². The quantitative estimate of drug-likeness (QED) is 0.900. The van der Waals surface area contributed by atoms with E-state index >= 15 is 0 Å². The first-order valence-electron chi connectivity index (χ1n) is 8.19. The second-order valence-electron chi connectivity index (χ2n) is 6.14. The predicted octanol–water partition coefficient (Wildman–Crippen LogP) is 1.93. The molecule has 1 aliphatic rings. The number of carbonyl (C=O) groups is 2. The summed E-state index contributed by atoms with van der Waals surface area (Å²) in [4.78, 5) is 26.5. The van der Waals surface area contributed by atoms with Crippen LogP contribution in [0.2, 0.25) is 0 Å². The number of benzene rings is 2. The van der Waals surface area contributed by atoms with Crippen LogP contribution in [0.3, 0.4) is 0 Å². The Morgan fingerprint density at radius 3 is 2.44 bits per heavy atom. The van der Waals surface area contributed by atoms with Gasteiger partial charge in [-0.05, 0) is 30.2 Å². The lowest BCUT2D eigenvalue weighted by atomic mass is 9.95. The molecular weight excluding hydrogens is 314 g/mol. The van der Waals surface area contributed by atoms with Crippen LogP contribution in [0.5, 0.6) is 0 Å². The van der Waals surface area contributed by atoms with E-state index in [4.69, 9.17) is 5.73 Å². The van der Waals surface area contributed by atoms with E-state index in [1.54, 1.807) is 24.9 Å². The average Bonchev–Trinajstić information content (AvgIpc) is 2.73. The van der Waals surface area contributed by atoms with Crippen molar-refractivity contribution in [3.8, 4) is 0 Å². The van der Waals surface area contributed by atoms with Crippen molar-refractivity contribution in [3.05, 3.63) is 71.8 Å². The third-order valence-electron chi connectivity index (χ3n) is 4.28. The number of rotatable bonds is 3. The van der Waals surface area contributed by atoms with Gasteiger partial charge >= 0.3 is 0 Å². The number of amides is 2. The average molecular weight is 335 g/mol. The van der Waals surface area contributed by atoms with Crippen molar-refractivity contribution in [1.29, 1.82) is 0 Å². The number of para-hydroxylation sites is 1. The lowest BCUT2D eigenvalue weighted by Gasteiger charge is -2.22. The Morgan fingerprint density at radius 1 is 1.12 bits per heavy atom. The lowest BCUT2D eigenvalue weighted by Crippen LogP contribution is -2.50. The van der Waals surface area contributed by atoms with Gasteiger partial charge in [0.2, 0.25) is 5.91 Å². The van der Waals surface area contributed by atoms with E-state index < -0.39 is 12.1 Å². The second kappa shape index (κ2) is 6.91. The van der Waals surface area contributed by atoms with Crippen LogP contribution in [-0.2, 0) is 9.59 Å². The third kappa shape index (κ3) is 3.32. The third-order valence-corrected chi connectivity index (χ3v) is 4.28. The minimum Gasteiger partial charge on any atom is -0.340 e. The van der Waals surface area contributed by atoms with Crippen LogP contribution in [0.4, 0.5) is 5.69 Å². The summed E-state index contributed by atoms with van der Waals surface area (Å²) in [5.74, 6) is -0.561. The molecule has 128 valence electrons. The molecule has 2 aromatic carbocycles. The minimum atomic E-state index is -0.772. The van der Waals surface area contributed by atoms with Crippen molar-refractivity contribution >= 4 is 23.1 Å². The lowest BCUT2D eigenvalue weighted by molar-refractivity contribution is -0.126. The molecule has 3 rings (SSSR count). The molecule has 2 atom stereocenters. The number of anilines is 1. The number of hydrogen-bond acceptors (Lipinski definition) is 3. The van der Waals surface area contributed by atoms with E-state index in [1.165, 1.54) is 0 Å². The van der Waals surface area contributed by atoms with Gasteiger partial charge in [0.25, 0.3) is 5.91 Å². The number of nitrogens with two attached hydrogens (primary N) is 1. The summed E-state index contributed by atoms with van der Waals surface area (Å²) in [6.45, 7) is 1.59. The number of fused-ring (bicyclic) bond motifs is 1. The Labute approximate surface area is 147 Å². The fraction of sp³-hybridized carbons (Fsp3) is 0.200. The number of likely N-dealkylation sites (N-methyl/N-ethyl adjacent to an activating group) is 1. The Morgan fingerprint density at radius 2 is 1.76 bits per heavy atom. The van der Waals surface area contributed by atoms with Crippen molar-refractivity contribution in [2.75, 3.05) is 11.9 Å². The maximum absolute atomic E-state index is 12.9. The molecule has 3 N–H and O–H groups in total. The zero-order chi connectivity index (χ0) is 18.0. The van der Waals surface area contributed by atoms with Gasteiger partial charge in [0.1, 0.15) is 6.04 Å². The smallest absolute Gasteiger partial charge is 0.253 e. The monoisotopic (exact) mass is 335 g/mol. The van der Waals surface area contributed by atoms with Crippen LogP contribution in [0.1, 0.15) is 18.1 Å². The zero-order valence-corrected chi connectivity index (χ0v) is 14.3. The summed E-state index contributed by atoms with van der Waals surface area (Å²) < 4.78 is 0. The first-order valence-corrected chi connectivity index (χ1v) is 8.19. The van der Waals surface area contributed by atoms with Crippen molar-refractivity contribution in [1.82, 2.24) is 5.32 Å². The van der Waals surface area contributed by atoms with E-state index in [-0.39, 0.29) is 11.8 Å². The molecule has 0 saturated carbocycles. The molecule has 0 aliphatic carbocycles. The Kier molecular flexibility index (Phi) is 4.67. The van der Waals surface area contributed by atoms with E-state index in [1.807, 2.05) is 54.6 Å². The standard InChI is InChI=1S/C20H21N3O2/c1-13(21)19(24)22-17-12-16(14-8-4-3-5-9-14)15-10-6-7-11-18(15)23(2)20(17)25/h3-13,17H,21H2,1-2H3,(H,22,24)/t13-,17?/m0/s1. The van der Waals surface area contributed by atoms with Gasteiger partial charge in [-0.25, -0.2) is 0 Å². The molecule has 5 heteroatoms. The van der Waals surface area contributed by atoms with E-state index in [2.05, 4.69) is 5.32 Å². The maximum atomic E-state index is 12.9. The van der Waals surface area contributed by atoms with Crippen LogP contribution in [0.15, 0.2) is 60.7 Å². The van der Waals surface area contributed by atoms with Gasteiger partial charge < -0.3 is 16.0 Å². The van der Waals surface area contributed by atoms with Crippen LogP contribution < -0.4 is 16.0 Å². The molecule has 25 heavy (non-hydrogen) atoms. The van der Waals surface area contributed by atoms with Gasteiger partial charge in [0, 0.05) is 12.6 Å². The molecule has 0 spiro atoms. The Hall–Kier alpha value is -2.92. The summed E-state index contributed by atoms with van der Waals surface area (Å²) in [6, 6.07) is 16.1. The molecule has 2 amide bonds. The summed E-state index contributed by atoms with van der Waals surface area (Å²) in [6.07, 6.45) is 1.81. The summed E-state index contributed by atoms with van der Waals surface area (Å²) in [7, 11) is 1.72. The van der Waals surface area contributed by atoms with Crippen LogP contribution in [-0.4, -0.2) is 30.9 Å². The predicted molar refractivity (Wildman–Crippen MR) is 99.0 cm³/mol. The molecule has 0 radical (unpaired) electrons. The van der Waals surface area contributed by atoms with Gasteiger partial charge in [-0.15, -0.1) is 0 Å². The second-order valence-corrected chi connectivity index (χ2v) is 6.14. The largest absolute Gasteiger partial charge is 0.340 e. The SMILES string of the molecule is C[C@H](N)C(=O)NC1C=C(c2ccccc2)c2ccccc2N(C)C1=O. The topological polar surface area (TPSA) is 75.4 Å². The molecule has 0 fully saturated rings. The Bertz CT molecular complexity index is 828. The van der Waals surface area contributed by atoms with Gasteiger partial charge in [-0.1, -0.05) is 48.5 Å². The highest BCUT2D eigenvalue weighted by Crippen LogP contribution is 2.34. The Balaban J connectivity index is 2.14. The highest BCUT2D eigenvalue weighted by Gasteiger charge is 2.29. The molecule has 1 unspecified atom stereocenters. The number of nitrogens with zero attached hydrogens (tertiary/aromatic N) is 1. The molecule has 0 bridgehead atoms. The van der Waals surface area contributed by atoms with Gasteiger partial charge in [0.05, 0.1) is 11.7 Å². The summed E-state index contributed by atoms with van der Waals surface area (Å²) in [5.41, 5.74) is 9.29. The minimum absolute atomic E-state index is 0.201. The van der Waals surface area contributed by atoms with Crippen molar-refractivity contribution in [3.63, 3.8) is 0 Å². The fourth-order valence-corrected chi connectivity index (χ4v) is 2.91. The normalized spacial score (nSPS) is 18.0. The van der Waals surface area contributed by atoms with Crippen LogP contribution in [0, 0.1) is 0 Å². The first kappa shape index (κ1) is 16.9. The maximum Gasteiger partial charge on any atom is 0.253 e. The van der Waals surface area contributed by atoms with E-state index in [9.17, 15) is 9.59 Å².